The fourth-order valence-electron chi connectivity index (χ4n) is 1.49. The van der Waals surface area contributed by atoms with Gasteiger partial charge in [0.15, 0.2) is 0 Å². The van der Waals surface area contributed by atoms with Crippen LogP contribution in [0.25, 0.3) is 0 Å². The van der Waals surface area contributed by atoms with Crippen LogP contribution in [0.5, 0.6) is 5.75 Å². The Hall–Kier alpha value is -1.82. The summed E-state index contributed by atoms with van der Waals surface area (Å²) in [6.07, 6.45) is 1.80. The summed E-state index contributed by atoms with van der Waals surface area (Å²) in [6.45, 7) is 0.239. The molecule has 18 heavy (non-hydrogen) atoms. The Labute approximate surface area is 112 Å². The predicted octanol–water partition coefficient (Wildman–Crippen LogP) is 2.46. The molecule has 94 valence electrons. The van der Waals surface area contributed by atoms with Crippen molar-refractivity contribution in [1.29, 1.82) is 0 Å². The number of carbonyl (C=O) groups is 1. The monoisotopic (exact) mass is 310 g/mol. The molecule has 0 aliphatic rings. The van der Waals surface area contributed by atoms with Crippen LogP contribution in [0, 0.1) is 0 Å². The van der Waals surface area contributed by atoms with Gasteiger partial charge in [0.05, 0.1) is 5.69 Å². The van der Waals surface area contributed by atoms with E-state index in [4.69, 9.17) is 9.84 Å². The summed E-state index contributed by atoms with van der Waals surface area (Å²) >= 11 is 3.23. The summed E-state index contributed by atoms with van der Waals surface area (Å²) in [6, 6.07) is 6.69. The van der Waals surface area contributed by atoms with Crippen LogP contribution in [0.2, 0.25) is 0 Å². The number of aromatic nitrogens is 2. The Kier molecular flexibility index (Phi) is 3.66. The maximum atomic E-state index is 11.1. The lowest BCUT2D eigenvalue weighted by Crippen LogP contribution is -2.04. The quantitative estimate of drug-likeness (QED) is 0.942. The number of hydrogen-bond donors (Lipinski definition) is 1. The lowest BCUT2D eigenvalue weighted by atomic mass is 10.2. The van der Waals surface area contributed by atoms with E-state index in [0.29, 0.717) is 10.2 Å². The maximum Gasteiger partial charge on any atom is 0.339 e. The third-order valence-electron chi connectivity index (χ3n) is 2.32. The number of carboxylic acids is 1. The Morgan fingerprint density at radius 3 is 2.89 bits per heavy atom. The second-order valence-electron chi connectivity index (χ2n) is 3.72. The first-order valence-electron chi connectivity index (χ1n) is 5.20. The van der Waals surface area contributed by atoms with Gasteiger partial charge < -0.3 is 9.84 Å². The van der Waals surface area contributed by atoms with Crippen molar-refractivity contribution in [3.63, 3.8) is 0 Å². The zero-order chi connectivity index (χ0) is 13.1. The van der Waals surface area contributed by atoms with Gasteiger partial charge in [-0.05, 0) is 24.3 Å². The van der Waals surface area contributed by atoms with Gasteiger partial charge in [0.2, 0.25) is 0 Å². The number of carboxylic acid groups (broad SMARTS) is 1. The van der Waals surface area contributed by atoms with Crippen molar-refractivity contribution in [2.75, 3.05) is 0 Å². The van der Waals surface area contributed by atoms with Crippen molar-refractivity contribution in [1.82, 2.24) is 9.78 Å². The number of aryl methyl sites for hydroxylation is 1. The van der Waals surface area contributed by atoms with Gasteiger partial charge in [-0.15, -0.1) is 0 Å². The number of halogens is 1. The average Bonchev–Trinajstić information content (AvgIpc) is 2.73. The van der Waals surface area contributed by atoms with E-state index >= 15 is 0 Å². The highest BCUT2D eigenvalue weighted by Gasteiger charge is 2.12. The first-order chi connectivity index (χ1) is 8.56. The molecule has 2 rings (SSSR count). The first kappa shape index (κ1) is 12.6. The Morgan fingerprint density at radius 2 is 2.28 bits per heavy atom. The molecule has 1 aromatic carbocycles. The van der Waals surface area contributed by atoms with Crippen LogP contribution in [0.15, 0.2) is 34.9 Å². The molecule has 0 unspecified atom stereocenters. The van der Waals surface area contributed by atoms with Crippen LogP contribution >= 0.6 is 15.9 Å². The fourth-order valence-corrected chi connectivity index (χ4v) is 1.85. The summed E-state index contributed by atoms with van der Waals surface area (Å²) in [5.41, 5.74) is 0.872. The molecule has 1 heterocycles. The molecule has 0 spiro atoms. The van der Waals surface area contributed by atoms with Crippen molar-refractivity contribution in [2.45, 2.75) is 6.61 Å². The Bertz CT molecular complexity index is 580. The van der Waals surface area contributed by atoms with E-state index in [2.05, 4.69) is 21.0 Å². The topological polar surface area (TPSA) is 64.3 Å². The van der Waals surface area contributed by atoms with E-state index in [1.54, 1.807) is 23.0 Å². The minimum Gasteiger partial charge on any atom is -0.486 e. The third-order valence-corrected chi connectivity index (χ3v) is 2.81. The van der Waals surface area contributed by atoms with Crippen molar-refractivity contribution >= 4 is 21.9 Å². The molecule has 0 bridgehead atoms. The average molecular weight is 311 g/mol. The minimum atomic E-state index is -1.02. The highest BCUT2D eigenvalue weighted by atomic mass is 79.9. The third kappa shape index (κ3) is 2.89. The van der Waals surface area contributed by atoms with E-state index < -0.39 is 5.97 Å². The van der Waals surface area contributed by atoms with Gasteiger partial charge in [0.25, 0.3) is 0 Å². The van der Waals surface area contributed by atoms with Gasteiger partial charge in [-0.25, -0.2) is 4.79 Å². The van der Waals surface area contributed by atoms with Gasteiger partial charge in [-0.1, -0.05) is 15.9 Å². The summed E-state index contributed by atoms with van der Waals surface area (Å²) < 4.78 is 7.84. The van der Waals surface area contributed by atoms with E-state index in [9.17, 15) is 4.79 Å². The number of hydrogen-bond acceptors (Lipinski definition) is 3. The molecule has 2 aromatic rings. The Balaban J connectivity index is 2.16. The second-order valence-corrected chi connectivity index (χ2v) is 4.63. The molecule has 5 nitrogen and oxygen atoms in total. The number of nitrogens with zero attached hydrogens (tertiary/aromatic N) is 2. The van der Waals surface area contributed by atoms with Gasteiger partial charge in [0.1, 0.15) is 17.9 Å². The lowest BCUT2D eigenvalue weighted by Gasteiger charge is -2.08. The van der Waals surface area contributed by atoms with Crippen LogP contribution in [0.4, 0.5) is 0 Å². The van der Waals surface area contributed by atoms with Crippen LogP contribution in [-0.4, -0.2) is 20.9 Å². The molecule has 0 saturated heterocycles. The summed E-state index contributed by atoms with van der Waals surface area (Å²) in [5.74, 6) is -0.691. The van der Waals surface area contributed by atoms with E-state index in [-0.39, 0.29) is 12.2 Å². The summed E-state index contributed by atoms with van der Waals surface area (Å²) in [7, 11) is 1.81. The Morgan fingerprint density at radius 1 is 1.50 bits per heavy atom. The molecule has 0 amide bonds. The van der Waals surface area contributed by atoms with Crippen LogP contribution in [0.3, 0.4) is 0 Å². The molecular formula is C12H11BrN2O3. The number of rotatable bonds is 4. The van der Waals surface area contributed by atoms with E-state index in [1.165, 1.54) is 6.07 Å². The zero-order valence-electron chi connectivity index (χ0n) is 9.63. The first-order valence-corrected chi connectivity index (χ1v) is 6.00. The van der Waals surface area contributed by atoms with Crippen molar-refractivity contribution in [3.05, 3.63) is 46.2 Å². The van der Waals surface area contributed by atoms with Crippen LogP contribution in [-0.2, 0) is 13.7 Å². The predicted molar refractivity (Wildman–Crippen MR) is 68.6 cm³/mol. The lowest BCUT2D eigenvalue weighted by molar-refractivity contribution is 0.0691. The SMILES string of the molecule is Cn1ccc(COc2ccc(Br)cc2C(=O)O)n1. The zero-order valence-corrected chi connectivity index (χ0v) is 11.2. The van der Waals surface area contributed by atoms with Gasteiger partial charge >= 0.3 is 5.97 Å². The molecule has 0 atom stereocenters. The summed E-state index contributed by atoms with van der Waals surface area (Å²) in [4.78, 5) is 11.1. The highest BCUT2D eigenvalue weighted by molar-refractivity contribution is 9.10. The van der Waals surface area contributed by atoms with Gasteiger partial charge in [0, 0.05) is 17.7 Å². The normalized spacial score (nSPS) is 10.3. The molecule has 0 aliphatic heterocycles. The van der Waals surface area contributed by atoms with Crippen molar-refractivity contribution in [2.24, 2.45) is 7.05 Å². The molecule has 1 aromatic heterocycles. The van der Waals surface area contributed by atoms with E-state index in [0.717, 1.165) is 5.69 Å². The number of ether oxygens (including phenoxy) is 1. The second kappa shape index (κ2) is 5.22. The largest absolute Gasteiger partial charge is 0.486 e. The maximum absolute atomic E-state index is 11.1. The smallest absolute Gasteiger partial charge is 0.339 e. The number of aromatic carboxylic acids is 1. The van der Waals surface area contributed by atoms with Crippen LogP contribution in [0.1, 0.15) is 16.1 Å². The number of benzene rings is 1. The standard InChI is InChI=1S/C12H11BrN2O3/c1-15-5-4-9(14-15)7-18-11-3-2-8(13)6-10(11)12(16)17/h2-6H,7H2,1H3,(H,16,17). The fraction of sp³-hybridized carbons (Fsp3) is 0.167. The minimum absolute atomic E-state index is 0.125. The molecule has 0 aliphatic carbocycles. The molecule has 0 saturated carbocycles. The highest BCUT2D eigenvalue weighted by Crippen LogP contribution is 2.23. The molecule has 6 heteroatoms. The molecule has 0 fully saturated rings. The van der Waals surface area contributed by atoms with E-state index in [1.807, 2.05) is 13.1 Å². The molecule has 0 radical (unpaired) electrons. The van der Waals surface area contributed by atoms with Crippen molar-refractivity contribution in [3.8, 4) is 5.75 Å². The van der Waals surface area contributed by atoms with Gasteiger partial charge in [-0.2, -0.15) is 5.10 Å². The van der Waals surface area contributed by atoms with Gasteiger partial charge in [-0.3, -0.25) is 4.68 Å². The molecular weight excluding hydrogens is 300 g/mol. The summed E-state index contributed by atoms with van der Waals surface area (Å²) in [5, 5.41) is 13.2. The van der Waals surface area contributed by atoms with Crippen LogP contribution < -0.4 is 4.74 Å². The molecule has 1 N–H and O–H groups in total. The van der Waals surface area contributed by atoms with Crippen molar-refractivity contribution < 1.29 is 14.6 Å².